The van der Waals surface area contributed by atoms with Crippen molar-refractivity contribution in [2.24, 2.45) is 11.8 Å². The Kier molecular flexibility index (Phi) is 8.49. The molecule has 0 atom stereocenters. The monoisotopic (exact) mass is 329 g/mol. The fraction of sp³-hybridized carbons (Fsp3) is 0.750. The number of imide groups is 1. The van der Waals surface area contributed by atoms with Gasteiger partial charge in [0.15, 0.2) is 0 Å². The first kappa shape index (κ1) is 18.6. The van der Waals surface area contributed by atoms with Crippen molar-refractivity contribution in [2.45, 2.75) is 45.1 Å². The van der Waals surface area contributed by atoms with Crippen LogP contribution in [0.2, 0.25) is 0 Å². The highest BCUT2D eigenvalue weighted by atomic mass is 32.2. The maximum atomic E-state index is 11.0. The highest BCUT2D eigenvalue weighted by Crippen LogP contribution is 2.35. The lowest BCUT2D eigenvalue weighted by Gasteiger charge is -2.23. The van der Waals surface area contributed by atoms with Crippen molar-refractivity contribution in [3.63, 3.8) is 0 Å². The third-order valence-electron chi connectivity index (χ3n) is 3.23. The first-order chi connectivity index (χ1) is 9.91. The van der Waals surface area contributed by atoms with Gasteiger partial charge in [0.2, 0.25) is 0 Å². The van der Waals surface area contributed by atoms with Crippen molar-refractivity contribution in [1.82, 2.24) is 4.90 Å². The average Bonchev–Trinajstić information content (AvgIpc) is 2.77. The molecule has 3 nitrogen and oxygen atoms in total. The Morgan fingerprint density at radius 1 is 1.10 bits per heavy atom. The molecule has 2 aliphatic heterocycles. The summed E-state index contributed by atoms with van der Waals surface area (Å²) in [7, 11) is 0. The lowest BCUT2D eigenvalue weighted by molar-refractivity contribution is -0.136. The normalized spacial score (nSPS) is 19.4. The van der Waals surface area contributed by atoms with Gasteiger partial charge in [-0.05, 0) is 36.2 Å². The molecule has 1 saturated heterocycles. The molecule has 5 heteroatoms. The smallest absolute Gasteiger partial charge is 0.253 e. The fourth-order valence-corrected chi connectivity index (χ4v) is 4.93. The highest BCUT2D eigenvalue weighted by Gasteiger charge is 2.22. The third-order valence-corrected chi connectivity index (χ3v) is 6.84. The van der Waals surface area contributed by atoms with Crippen molar-refractivity contribution in [3.8, 4) is 0 Å². The molecule has 2 heterocycles. The molecule has 0 radical (unpaired) electrons. The Bertz CT molecular complexity index is 356. The zero-order valence-corrected chi connectivity index (χ0v) is 15.1. The molecule has 2 aliphatic rings. The minimum Gasteiger partial charge on any atom is -0.275 e. The summed E-state index contributed by atoms with van der Waals surface area (Å²) in [6, 6.07) is 0. The molecule has 0 spiro atoms. The first-order valence-corrected chi connectivity index (χ1v) is 9.78. The second-order valence-electron chi connectivity index (χ2n) is 6.05. The Balaban J connectivity index is 0.000000219. The van der Waals surface area contributed by atoms with E-state index in [4.69, 9.17) is 0 Å². The standard InChI is InChI=1S/C9H13NO2.C7H14S2/c1-7(2)5-6-10-8(11)3-4-9(10)12;1-6(2)7-8-4-3-5-9-7/h3-4,7H,5-6H2,1-2H3;6-7H,3-5H2,1-2H3. The Morgan fingerprint density at radius 3 is 2.00 bits per heavy atom. The van der Waals surface area contributed by atoms with E-state index in [2.05, 4.69) is 51.2 Å². The van der Waals surface area contributed by atoms with Crippen molar-refractivity contribution in [3.05, 3.63) is 12.2 Å². The van der Waals surface area contributed by atoms with Crippen LogP contribution in [0.1, 0.15) is 40.5 Å². The molecular formula is C16H27NO2S2. The van der Waals surface area contributed by atoms with Crippen LogP contribution in [0.3, 0.4) is 0 Å². The average molecular weight is 330 g/mol. The van der Waals surface area contributed by atoms with E-state index in [0.29, 0.717) is 12.5 Å². The van der Waals surface area contributed by atoms with Crippen LogP contribution in [0.5, 0.6) is 0 Å². The van der Waals surface area contributed by atoms with Crippen LogP contribution in [0.15, 0.2) is 12.2 Å². The predicted octanol–water partition coefficient (Wildman–Crippen LogP) is 3.80. The van der Waals surface area contributed by atoms with Crippen LogP contribution < -0.4 is 0 Å². The van der Waals surface area contributed by atoms with Gasteiger partial charge in [-0.3, -0.25) is 14.5 Å². The van der Waals surface area contributed by atoms with Crippen LogP contribution in [0.4, 0.5) is 0 Å². The number of nitrogens with zero attached hydrogens (tertiary/aromatic N) is 1. The number of carbonyl (C=O) groups excluding carboxylic acids is 2. The summed E-state index contributed by atoms with van der Waals surface area (Å²) in [5.41, 5.74) is 0. The summed E-state index contributed by atoms with van der Waals surface area (Å²) < 4.78 is 0.888. The summed E-state index contributed by atoms with van der Waals surface area (Å²) in [6.45, 7) is 9.31. The molecule has 0 aromatic heterocycles. The van der Waals surface area contributed by atoms with E-state index in [1.165, 1.54) is 35.0 Å². The van der Waals surface area contributed by atoms with Crippen molar-refractivity contribution < 1.29 is 9.59 Å². The molecule has 0 aromatic carbocycles. The molecule has 0 aromatic rings. The number of hydrogen-bond donors (Lipinski definition) is 0. The van der Waals surface area contributed by atoms with Crippen molar-refractivity contribution in [2.75, 3.05) is 18.1 Å². The van der Waals surface area contributed by atoms with Gasteiger partial charge >= 0.3 is 0 Å². The molecule has 2 amide bonds. The van der Waals surface area contributed by atoms with Crippen molar-refractivity contribution in [1.29, 1.82) is 0 Å². The number of carbonyl (C=O) groups is 2. The maximum Gasteiger partial charge on any atom is 0.253 e. The Hall–Kier alpha value is -0.420. The Labute approximate surface area is 137 Å². The van der Waals surface area contributed by atoms with Gasteiger partial charge in [0.25, 0.3) is 11.8 Å². The summed E-state index contributed by atoms with van der Waals surface area (Å²) in [6.07, 6.45) is 4.93. The van der Waals surface area contributed by atoms with Gasteiger partial charge in [0.05, 0.1) is 4.58 Å². The maximum absolute atomic E-state index is 11.0. The van der Waals surface area contributed by atoms with Gasteiger partial charge in [-0.25, -0.2) is 0 Å². The lowest BCUT2D eigenvalue weighted by atomic mass is 10.1. The van der Waals surface area contributed by atoms with Gasteiger partial charge in [-0.15, -0.1) is 23.5 Å². The van der Waals surface area contributed by atoms with E-state index >= 15 is 0 Å². The number of thioether (sulfide) groups is 2. The summed E-state index contributed by atoms with van der Waals surface area (Å²) in [4.78, 5) is 23.3. The van der Waals surface area contributed by atoms with Gasteiger partial charge < -0.3 is 0 Å². The molecule has 0 saturated carbocycles. The van der Waals surface area contributed by atoms with Crippen LogP contribution in [0.25, 0.3) is 0 Å². The van der Waals surface area contributed by atoms with Crippen molar-refractivity contribution >= 4 is 35.3 Å². The summed E-state index contributed by atoms with van der Waals surface area (Å²) in [5, 5.41) is 0. The molecule has 0 bridgehead atoms. The number of amides is 2. The molecule has 0 unspecified atom stereocenters. The molecule has 1 fully saturated rings. The van der Waals surface area contributed by atoms with Gasteiger partial charge in [-0.2, -0.15) is 0 Å². The van der Waals surface area contributed by atoms with E-state index in [1.807, 2.05) is 0 Å². The zero-order chi connectivity index (χ0) is 15.8. The topological polar surface area (TPSA) is 37.4 Å². The second kappa shape index (κ2) is 9.57. The van der Waals surface area contributed by atoms with E-state index in [9.17, 15) is 9.59 Å². The van der Waals surface area contributed by atoms with Gasteiger partial charge in [-0.1, -0.05) is 27.7 Å². The zero-order valence-electron chi connectivity index (χ0n) is 13.5. The highest BCUT2D eigenvalue weighted by molar-refractivity contribution is 8.17. The molecule has 21 heavy (non-hydrogen) atoms. The first-order valence-electron chi connectivity index (χ1n) is 7.68. The number of hydrogen-bond acceptors (Lipinski definition) is 4. The van der Waals surface area contributed by atoms with Gasteiger partial charge in [0.1, 0.15) is 0 Å². The van der Waals surface area contributed by atoms with Gasteiger partial charge in [0, 0.05) is 18.7 Å². The summed E-state index contributed by atoms with van der Waals surface area (Å²) in [5.74, 6) is 3.79. The minimum absolute atomic E-state index is 0.180. The Morgan fingerprint density at radius 2 is 1.62 bits per heavy atom. The minimum atomic E-state index is -0.180. The van der Waals surface area contributed by atoms with E-state index in [0.717, 1.165) is 16.9 Å². The van der Waals surface area contributed by atoms with E-state index in [1.54, 1.807) is 0 Å². The number of rotatable bonds is 4. The largest absolute Gasteiger partial charge is 0.275 e. The van der Waals surface area contributed by atoms with Crippen LogP contribution in [0, 0.1) is 11.8 Å². The second-order valence-corrected chi connectivity index (χ2v) is 8.85. The molecular weight excluding hydrogens is 302 g/mol. The SMILES string of the molecule is CC(C)C1SCCCS1.CC(C)CCN1C(=O)C=CC1=O. The van der Waals surface area contributed by atoms with Crippen LogP contribution >= 0.6 is 23.5 Å². The molecule has 0 N–H and O–H groups in total. The molecule has 2 rings (SSSR count). The van der Waals surface area contributed by atoms with E-state index in [-0.39, 0.29) is 11.8 Å². The lowest BCUT2D eigenvalue weighted by Crippen LogP contribution is -2.31. The predicted molar refractivity (Wildman–Crippen MR) is 93.5 cm³/mol. The summed E-state index contributed by atoms with van der Waals surface area (Å²) >= 11 is 4.27. The third kappa shape index (κ3) is 6.92. The molecule has 120 valence electrons. The fourth-order valence-electron chi connectivity index (χ4n) is 1.93. The van der Waals surface area contributed by atoms with E-state index < -0.39 is 0 Å². The quantitative estimate of drug-likeness (QED) is 0.735. The van der Waals surface area contributed by atoms with Crippen LogP contribution in [-0.4, -0.2) is 39.3 Å². The molecule has 0 aliphatic carbocycles. The van der Waals surface area contributed by atoms with Crippen LogP contribution in [-0.2, 0) is 9.59 Å².